The zero-order chi connectivity index (χ0) is 12.0. The Kier molecular flexibility index (Phi) is 5.01. The van der Waals surface area contributed by atoms with Gasteiger partial charge in [0.15, 0.2) is 0 Å². The van der Waals surface area contributed by atoms with E-state index in [4.69, 9.17) is 10.9 Å². The molecular formula is C11H20N4O. The Morgan fingerprint density at radius 2 is 2.31 bits per heavy atom. The van der Waals surface area contributed by atoms with Crippen molar-refractivity contribution in [1.82, 2.24) is 4.98 Å². The number of nitrogen functional groups attached to an aromatic ring is 1. The molecule has 0 radical (unpaired) electrons. The van der Waals surface area contributed by atoms with Crippen molar-refractivity contribution in [2.45, 2.75) is 26.3 Å². The third-order valence-corrected chi connectivity index (χ3v) is 2.40. The molecule has 0 saturated carbocycles. The zero-order valence-electron chi connectivity index (χ0n) is 9.85. The Hall–Kier alpha value is -1.33. The molecule has 90 valence electrons. The van der Waals surface area contributed by atoms with E-state index in [-0.39, 0.29) is 6.61 Å². The van der Waals surface area contributed by atoms with Crippen LogP contribution in [0.3, 0.4) is 0 Å². The molecular weight excluding hydrogens is 204 g/mol. The standard InChI is InChI=1S/C11H20N4O/c1-9(2)15(6-3-7-16)10-4-5-13-11(8-10)14-12/h4-5,8-9,16H,3,6-7,12H2,1-2H3,(H,13,14). The number of nitrogens with two attached hydrogens (primary N) is 1. The lowest BCUT2D eigenvalue weighted by molar-refractivity contribution is 0.288. The van der Waals surface area contributed by atoms with E-state index in [1.807, 2.05) is 12.1 Å². The van der Waals surface area contributed by atoms with Crippen LogP contribution in [-0.2, 0) is 0 Å². The van der Waals surface area contributed by atoms with Crippen LogP contribution in [0.1, 0.15) is 20.3 Å². The van der Waals surface area contributed by atoms with E-state index in [1.165, 1.54) is 0 Å². The molecule has 1 heterocycles. The van der Waals surface area contributed by atoms with Gasteiger partial charge in [0, 0.05) is 37.1 Å². The lowest BCUT2D eigenvalue weighted by Crippen LogP contribution is -2.32. The molecule has 0 amide bonds. The lowest BCUT2D eigenvalue weighted by atomic mass is 10.2. The fraction of sp³-hybridized carbons (Fsp3) is 0.545. The fourth-order valence-corrected chi connectivity index (χ4v) is 1.60. The molecule has 0 fully saturated rings. The summed E-state index contributed by atoms with van der Waals surface area (Å²) in [4.78, 5) is 6.27. The van der Waals surface area contributed by atoms with Crippen molar-refractivity contribution < 1.29 is 5.11 Å². The van der Waals surface area contributed by atoms with E-state index in [9.17, 15) is 0 Å². The molecule has 0 aliphatic heterocycles. The van der Waals surface area contributed by atoms with Gasteiger partial charge in [-0.2, -0.15) is 0 Å². The number of nitrogens with one attached hydrogen (secondary N) is 1. The van der Waals surface area contributed by atoms with E-state index in [0.717, 1.165) is 18.7 Å². The lowest BCUT2D eigenvalue weighted by Gasteiger charge is -2.29. The number of aromatic nitrogens is 1. The fourth-order valence-electron chi connectivity index (χ4n) is 1.60. The topological polar surface area (TPSA) is 74.4 Å². The molecule has 0 saturated heterocycles. The van der Waals surface area contributed by atoms with Crippen LogP contribution in [-0.4, -0.2) is 29.3 Å². The summed E-state index contributed by atoms with van der Waals surface area (Å²) in [6.07, 6.45) is 2.48. The Bertz CT molecular complexity index is 317. The van der Waals surface area contributed by atoms with Crippen molar-refractivity contribution >= 4 is 11.5 Å². The predicted molar refractivity (Wildman–Crippen MR) is 66.2 cm³/mol. The minimum atomic E-state index is 0.205. The number of hydrazine groups is 1. The van der Waals surface area contributed by atoms with Gasteiger partial charge in [-0.15, -0.1) is 0 Å². The number of aliphatic hydroxyl groups is 1. The minimum Gasteiger partial charge on any atom is -0.396 e. The number of rotatable bonds is 6. The van der Waals surface area contributed by atoms with Gasteiger partial charge in [-0.05, 0) is 26.3 Å². The monoisotopic (exact) mass is 224 g/mol. The van der Waals surface area contributed by atoms with Gasteiger partial charge in [-0.1, -0.05) is 0 Å². The van der Waals surface area contributed by atoms with Gasteiger partial charge in [0.1, 0.15) is 5.82 Å². The third-order valence-electron chi connectivity index (χ3n) is 2.40. The van der Waals surface area contributed by atoms with Crippen molar-refractivity contribution in [3.63, 3.8) is 0 Å². The van der Waals surface area contributed by atoms with Crippen molar-refractivity contribution in [2.24, 2.45) is 5.84 Å². The largest absolute Gasteiger partial charge is 0.396 e. The zero-order valence-corrected chi connectivity index (χ0v) is 9.85. The second kappa shape index (κ2) is 6.30. The second-order valence-corrected chi connectivity index (χ2v) is 3.91. The van der Waals surface area contributed by atoms with Gasteiger partial charge in [-0.3, -0.25) is 0 Å². The summed E-state index contributed by atoms with van der Waals surface area (Å²) < 4.78 is 0. The molecule has 1 aromatic rings. The van der Waals surface area contributed by atoms with Gasteiger partial charge in [-0.25, -0.2) is 10.8 Å². The highest BCUT2D eigenvalue weighted by Gasteiger charge is 2.10. The molecule has 5 heteroatoms. The van der Waals surface area contributed by atoms with E-state index < -0.39 is 0 Å². The number of nitrogens with zero attached hydrogens (tertiary/aromatic N) is 2. The second-order valence-electron chi connectivity index (χ2n) is 3.91. The van der Waals surface area contributed by atoms with Gasteiger partial charge < -0.3 is 15.4 Å². The van der Waals surface area contributed by atoms with Gasteiger partial charge in [0.2, 0.25) is 0 Å². The van der Waals surface area contributed by atoms with Gasteiger partial charge >= 0.3 is 0 Å². The van der Waals surface area contributed by atoms with Crippen molar-refractivity contribution in [2.75, 3.05) is 23.5 Å². The number of hydrogen-bond acceptors (Lipinski definition) is 5. The highest BCUT2D eigenvalue weighted by molar-refractivity contribution is 5.53. The summed E-state index contributed by atoms with van der Waals surface area (Å²) in [6.45, 7) is 5.26. The predicted octanol–water partition coefficient (Wildman–Crippen LogP) is 0.964. The van der Waals surface area contributed by atoms with Gasteiger partial charge in [0.25, 0.3) is 0 Å². The van der Waals surface area contributed by atoms with Crippen LogP contribution < -0.4 is 16.2 Å². The first kappa shape index (κ1) is 12.7. The molecule has 0 spiro atoms. The normalized spacial score (nSPS) is 10.6. The summed E-state index contributed by atoms with van der Waals surface area (Å²) in [5.41, 5.74) is 3.59. The first-order valence-electron chi connectivity index (χ1n) is 5.49. The maximum atomic E-state index is 8.87. The first-order chi connectivity index (χ1) is 7.69. The van der Waals surface area contributed by atoms with Crippen molar-refractivity contribution in [3.8, 4) is 0 Å². The molecule has 0 aliphatic carbocycles. The van der Waals surface area contributed by atoms with Crippen LogP contribution in [0.4, 0.5) is 11.5 Å². The molecule has 0 aliphatic rings. The SMILES string of the molecule is CC(C)N(CCCO)c1ccnc(NN)c1. The van der Waals surface area contributed by atoms with Crippen LogP contribution in [0.15, 0.2) is 18.3 Å². The smallest absolute Gasteiger partial charge is 0.141 e. The molecule has 0 bridgehead atoms. The van der Waals surface area contributed by atoms with Crippen LogP contribution in [0.25, 0.3) is 0 Å². The molecule has 5 nitrogen and oxygen atoms in total. The molecule has 0 atom stereocenters. The summed E-state index contributed by atoms with van der Waals surface area (Å²) >= 11 is 0. The molecule has 4 N–H and O–H groups in total. The van der Waals surface area contributed by atoms with Crippen LogP contribution in [0.2, 0.25) is 0 Å². The van der Waals surface area contributed by atoms with E-state index in [0.29, 0.717) is 11.9 Å². The summed E-state index contributed by atoms with van der Waals surface area (Å²) in [5, 5.41) is 8.87. The number of hydrogen-bond donors (Lipinski definition) is 3. The number of pyridine rings is 1. The molecule has 16 heavy (non-hydrogen) atoms. The summed E-state index contributed by atoms with van der Waals surface area (Å²) in [7, 11) is 0. The number of anilines is 2. The Balaban J connectivity index is 2.82. The van der Waals surface area contributed by atoms with Crippen molar-refractivity contribution in [1.29, 1.82) is 0 Å². The number of aliphatic hydroxyl groups excluding tert-OH is 1. The quantitative estimate of drug-likeness (QED) is 0.496. The molecule has 1 aromatic heterocycles. The Morgan fingerprint density at radius 1 is 1.56 bits per heavy atom. The van der Waals surface area contributed by atoms with Crippen LogP contribution in [0, 0.1) is 0 Å². The average molecular weight is 224 g/mol. The Morgan fingerprint density at radius 3 is 2.88 bits per heavy atom. The van der Waals surface area contributed by atoms with Crippen molar-refractivity contribution in [3.05, 3.63) is 18.3 Å². The first-order valence-corrected chi connectivity index (χ1v) is 5.49. The summed E-state index contributed by atoms with van der Waals surface area (Å²) in [6, 6.07) is 4.22. The average Bonchev–Trinajstić information content (AvgIpc) is 2.29. The van der Waals surface area contributed by atoms with Crippen LogP contribution >= 0.6 is 0 Å². The van der Waals surface area contributed by atoms with E-state index in [2.05, 4.69) is 29.2 Å². The van der Waals surface area contributed by atoms with Crippen LogP contribution in [0.5, 0.6) is 0 Å². The molecule has 0 unspecified atom stereocenters. The highest BCUT2D eigenvalue weighted by atomic mass is 16.3. The van der Waals surface area contributed by atoms with E-state index in [1.54, 1.807) is 6.20 Å². The maximum Gasteiger partial charge on any atom is 0.141 e. The van der Waals surface area contributed by atoms with E-state index >= 15 is 0 Å². The molecule has 0 aromatic carbocycles. The maximum absolute atomic E-state index is 8.87. The highest BCUT2D eigenvalue weighted by Crippen LogP contribution is 2.19. The minimum absolute atomic E-state index is 0.205. The van der Waals surface area contributed by atoms with Gasteiger partial charge in [0.05, 0.1) is 0 Å². The molecule has 1 rings (SSSR count). The Labute approximate surface area is 96.3 Å². The third kappa shape index (κ3) is 3.36. The summed E-state index contributed by atoms with van der Waals surface area (Å²) in [5.74, 6) is 5.97.